The number of nitrogens with two attached hydrogens (primary N) is 1. The molecule has 114 valence electrons. The van der Waals surface area contributed by atoms with Crippen LogP contribution in [0.4, 0.5) is 0 Å². The van der Waals surface area contributed by atoms with Gasteiger partial charge < -0.3 is 10.6 Å². The van der Waals surface area contributed by atoms with Crippen molar-refractivity contribution in [2.45, 2.75) is 12.8 Å². The lowest BCUT2D eigenvalue weighted by atomic mass is 9.96. The molecule has 0 radical (unpaired) electrons. The van der Waals surface area contributed by atoms with Crippen molar-refractivity contribution in [2.24, 2.45) is 11.7 Å². The predicted molar refractivity (Wildman–Crippen MR) is 79.6 cm³/mol. The van der Waals surface area contributed by atoms with E-state index in [0.29, 0.717) is 31.6 Å². The van der Waals surface area contributed by atoms with Crippen LogP contribution in [0.1, 0.15) is 23.3 Å². The molecule has 3 rings (SSSR count). The van der Waals surface area contributed by atoms with E-state index in [1.807, 2.05) is 12.1 Å². The van der Waals surface area contributed by atoms with Gasteiger partial charge >= 0.3 is 0 Å². The van der Waals surface area contributed by atoms with Crippen molar-refractivity contribution in [1.82, 2.24) is 20.1 Å². The fraction of sp³-hybridized carbons (Fsp3) is 0.333. The fourth-order valence-corrected chi connectivity index (χ4v) is 2.64. The fourth-order valence-electron chi connectivity index (χ4n) is 2.64. The summed E-state index contributed by atoms with van der Waals surface area (Å²) < 4.78 is 0. The van der Waals surface area contributed by atoms with Crippen LogP contribution in [0.15, 0.2) is 30.6 Å². The highest BCUT2D eigenvalue weighted by atomic mass is 16.2. The van der Waals surface area contributed by atoms with Gasteiger partial charge in [0.25, 0.3) is 5.91 Å². The van der Waals surface area contributed by atoms with Gasteiger partial charge in [0.15, 0.2) is 5.69 Å². The summed E-state index contributed by atoms with van der Waals surface area (Å²) in [5, 5.41) is 6.96. The second-order valence-electron chi connectivity index (χ2n) is 5.37. The van der Waals surface area contributed by atoms with Crippen LogP contribution in [-0.4, -0.2) is 45.0 Å². The van der Waals surface area contributed by atoms with Gasteiger partial charge in [0.05, 0.1) is 5.69 Å². The first-order valence-electron chi connectivity index (χ1n) is 7.19. The molecule has 2 aromatic rings. The molecule has 7 heteroatoms. The Kier molecular flexibility index (Phi) is 3.86. The Morgan fingerprint density at radius 2 is 1.91 bits per heavy atom. The predicted octanol–water partition coefficient (Wildman–Crippen LogP) is 0.809. The number of amides is 2. The average molecular weight is 299 g/mol. The van der Waals surface area contributed by atoms with E-state index < -0.39 is 0 Å². The average Bonchev–Trinajstić information content (AvgIpc) is 3.05. The summed E-state index contributed by atoms with van der Waals surface area (Å²) in [6.45, 7) is 1.06. The molecule has 0 bridgehead atoms. The van der Waals surface area contributed by atoms with Crippen LogP contribution >= 0.6 is 0 Å². The smallest absolute Gasteiger partial charge is 0.274 e. The summed E-state index contributed by atoms with van der Waals surface area (Å²) in [7, 11) is 0. The molecular weight excluding hydrogens is 282 g/mol. The topological polar surface area (TPSA) is 105 Å². The highest BCUT2D eigenvalue weighted by Crippen LogP contribution is 2.20. The minimum Gasteiger partial charge on any atom is -0.369 e. The summed E-state index contributed by atoms with van der Waals surface area (Å²) in [6.07, 6.45) is 4.60. The largest absolute Gasteiger partial charge is 0.369 e. The molecule has 1 aliphatic rings. The van der Waals surface area contributed by atoms with Crippen molar-refractivity contribution in [3.05, 3.63) is 36.3 Å². The van der Waals surface area contributed by atoms with E-state index in [4.69, 9.17) is 5.73 Å². The van der Waals surface area contributed by atoms with Gasteiger partial charge in [-0.2, -0.15) is 5.10 Å². The van der Waals surface area contributed by atoms with Crippen LogP contribution < -0.4 is 5.73 Å². The Hall–Kier alpha value is -2.70. The number of piperidine rings is 1. The number of carbonyl (C=O) groups is 2. The molecule has 1 fully saturated rings. The summed E-state index contributed by atoms with van der Waals surface area (Å²) in [5.41, 5.74) is 7.38. The SMILES string of the molecule is NC(=O)C1CCN(C(=O)c2cc(-c3ccncc3)[nH]n2)CC1. The van der Waals surface area contributed by atoms with Crippen LogP contribution in [0, 0.1) is 5.92 Å². The Morgan fingerprint density at radius 1 is 1.23 bits per heavy atom. The van der Waals surface area contributed by atoms with Crippen LogP contribution in [0.25, 0.3) is 11.3 Å². The van der Waals surface area contributed by atoms with Crippen molar-refractivity contribution in [3.8, 4) is 11.3 Å². The molecule has 0 atom stereocenters. The van der Waals surface area contributed by atoms with E-state index in [9.17, 15) is 9.59 Å². The van der Waals surface area contributed by atoms with Crippen molar-refractivity contribution in [1.29, 1.82) is 0 Å². The number of likely N-dealkylation sites (tertiary alicyclic amines) is 1. The molecule has 1 aliphatic heterocycles. The molecule has 2 aromatic heterocycles. The van der Waals surface area contributed by atoms with Gasteiger partial charge in [0, 0.05) is 37.0 Å². The number of carbonyl (C=O) groups excluding carboxylic acids is 2. The van der Waals surface area contributed by atoms with Crippen molar-refractivity contribution >= 4 is 11.8 Å². The number of nitrogens with one attached hydrogen (secondary N) is 1. The second kappa shape index (κ2) is 5.97. The van der Waals surface area contributed by atoms with Crippen LogP contribution in [0.3, 0.4) is 0 Å². The molecule has 22 heavy (non-hydrogen) atoms. The molecule has 3 heterocycles. The molecule has 1 saturated heterocycles. The normalized spacial score (nSPS) is 15.7. The lowest BCUT2D eigenvalue weighted by Crippen LogP contribution is -2.41. The highest BCUT2D eigenvalue weighted by molar-refractivity contribution is 5.93. The van der Waals surface area contributed by atoms with E-state index in [1.54, 1.807) is 23.4 Å². The van der Waals surface area contributed by atoms with E-state index in [1.165, 1.54) is 0 Å². The number of H-pyrrole nitrogens is 1. The maximum Gasteiger partial charge on any atom is 0.274 e. The first kappa shape index (κ1) is 14.2. The minimum absolute atomic E-state index is 0.125. The first-order chi connectivity index (χ1) is 10.6. The molecule has 0 aliphatic carbocycles. The zero-order valence-corrected chi connectivity index (χ0v) is 12.0. The number of primary amides is 1. The van der Waals surface area contributed by atoms with E-state index in [-0.39, 0.29) is 17.7 Å². The molecule has 2 amide bonds. The van der Waals surface area contributed by atoms with Gasteiger partial charge in [-0.3, -0.25) is 19.7 Å². The lowest BCUT2D eigenvalue weighted by Gasteiger charge is -2.29. The second-order valence-corrected chi connectivity index (χ2v) is 5.37. The van der Waals surface area contributed by atoms with Crippen LogP contribution in [-0.2, 0) is 4.79 Å². The van der Waals surface area contributed by atoms with Crippen molar-refractivity contribution < 1.29 is 9.59 Å². The van der Waals surface area contributed by atoms with E-state index in [0.717, 1.165) is 11.3 Å². The minimum atomic E-state index is -0.285. The van der Waals surface area contributed by atoms with Crippen molar-refractivity contribution in [3.63, 3.8) is 0 Å². The molecule has 7 nitrogen and oxygen atoms in total. The number of rotatable bonds is 3. The number of aromatic amines is 1. The third-order valence-electron chi connectivity index (χ3n) is 3.97. The van der Waals surface area contributed by atoms with Gasteiger partial charge in [-0.25, -0.2) is 0 Å². The van der Waals surface area contributed by atoms with Crippen LogP contribution in [0.5, 0.6) is 0 Å². The number of hydrogen-bond acceptors (Lipinski definition) is 4. The number of hydrogen-bond donors (Lipinski definition) is 2. The summed E-state index contributed by atoms with van der Waals surface area (Å²) in [6, 6.07) is 5.43. The van der Waals surface area contributed by atoms with Gasteiger partial charge in [0.2, 0.25) is 5.91 Å². The molecule has 0 spiro atoms. The van der Waals surface area contributed by atoms with E-state index in [2.05, 4.69) is 15.2 Å². The molecule has 0 saturated carbocycles. The number of nitrogens with zero attached hydrogens (tertiary/aromatic N) is 3. The third-order valence-corrected chi connectivity index (χ3v) is 3.97. The van der Waals surface area contributed by atoms with Gasteiger partial charge in [0.1, 0.15) is 0 Å². The molecule has 3 N–H and O–H groups in total. The van der Waals surface area contributed by atoms with Crippen molar-refractivity contribution in [2.75, 3.05) is 13.1 Å². The van der Waals surface area contributed by atoms with Gasteiger partial charge in [-0.1, -0.05) is 0 Å². The van der Waals surface area contributed by atoms with Gasteiger partial charge in [-0.15, -0.1) is 0 Å². The zero-order chi connectivity index (χ0) is 15.5. The van der Waals surface area contributed by atoms with Gasteiger partial charge in [-0.05, 0) is 31.0 Å². The quantitative estimate of drug-likeness (QED) is 0.874. The zero-order valence-electron chi connectivity index (χ0n) is 12.0. The maximum absolute atomic E-state index is 12.4. The Labute approximate surface area is 127 Å². The Bertz CT molecular complexity index is 674. The molecular formula is C15H17N5O2. The number of aromatic nitrogens is 3. The highest BCUT2D eigenvalue weighted by Gasteiger charge is 2.27. The lowest BCUT2D eigenvalue weighted by molar-refractivity contribution is -0.123. The molecule has 0 aromatic carbocycles. The third kappa shape index (κ3) is 2.83. The van der Waals surface area contributed by atoms with Crippen LogP contribution in [0.2, 0.25) is 0 Å². The summed E-state index contributed by atoms with van der Waals surface area (Å²) in [5.74, 6) is -0.540. The first-order valence-corrected chi connectivity index (χ1v) is 7.19. The number of pyridine rings is 1. The monoisotopic (exact) mass is 299 g/mol. The maximum atomic E-state index is 12.4. The standard InChI is InChI=1S/C15H17N5O2/c16-14(21)11-3-7-20(8-4-11)15(22)13-9-12(18-19-13)10-1-5-17-6-2-10/h1-2,5-6,9,11H,3-4,7-8H2,(H2,16,21)(H,18,19). The van der Waals surface area contributed by atoms with E-state index >= 15 is 0 Å². The Morgan fingerprint density at radius 3 is 2.55 bits per heavy atom. The summed E-state index contributed by atoms with van der Waals surface area (Å²) in [4.78, 5) is 29.3. The summed E-state index contributed by atoms with van der Waals surface area (Å²) >= 11 is 0. The Balaban J connectivity index is 1.69. The molecule has 0 unspecified atom stereocenters.